The van der Waals surface area contributed by atoms with Crippen molar-refractivity contribution in [1.82, 2.24) is 0 Å². The van der Waals surface area contributed by atoms with Gasteiger partial charge in [0.25, 0.3) is 0 Å². The van der Waals surface area contributed by atoms with E-state index in [1.165, 1.54) is 0 Å². The monoisotopic (exact) mass is 536 g/mol. The van der Waals surface area contributed by atoms with Gasteiger partial charge < -0.3 is 30.6 Å². The molecule has 0 bridgehead atoms. The maximum absolute atomic E-state index is 12.5. The lowest BCUT2D eigenvalue weighted by atomic mass is 9.41. The van der Waals surface area contributed by atoms with E-state index in [-0.39, 0.29) is 52.9 Å². The minimum atomic E-state index is -1.25. The molecular formula is C31H52O7. The normalized spacial score (nSPS) is 53.8. The van der Waals surface area contributed by atoms with Crippen molar-refractivity contribution in [2.75, 3.05) is 6.61 Å². The molecule has 5 aliphatic carbocycles. The molecule has 2 spiro atoms. The van der Waals surface area contributed by atoms with E-state index in [0.29, 0.717) is 25.2 Å². The first-order valence-electron chi connectivity index (χ1n) is 15.1. The van der Waals surface area contributed by atoms with Crippen LogP contribution < -0.4 is 0 Å². The molecule has 5 rings (SSSR count). The smallest absolute Gasteiger partial charge is 0.312 e. The Hall–Kier alpha value is -0.730. The summed E-state index contributed by atoms with van der Waals surface area (Å²) >= 11 is 0. The summed E-state index contributed by atoms with van der Waals surface area (Å²) in [6, 6.07) is 0. The fourth-order valence-electron chi connectivity index (χ4n) is 11.7. The van der Waals surface area contributed by atoms with Crippen LogP contribution in [0.1, 0.15) is 99.3 Å². The number of fused-ring (bicyclic) bond motifs is 2. The highest BCUT2D eigenvalue weighted by atomic mass is 16.4. The van der Waals surface area contributed by atoms with Crippen LogP contribution in [0.3, 0.4) is 0 Å². The van der Waals surface area contributed by atoms with Crippen LogP contribution in [-0.2, 0) is 4.79 Å². The lowest BCUT2D eigenvalue weighted by Gasteiger charge is -2.63. The fourth-order valence-corrected chi connectivity index (χ4v) is 11.7. The molecule has 13 atom stereocenters. The predicted octanol–water partition coefficient (Wildman–Crippen LogP) is 3.59. The minimum absolute atomic E-state index is 0.0539. The van der Waals surface area contributed by atoms with Crippen molar-refractivity contribution >= 4 is 5.97 Å². The van der Waals surface area contributed by atoms with Gasteiger partial charge in [0.15, 0.2) is 0 Å². The number of aliphatic hydroxyl groups is 5. The average Bonchev–Trinajstić information content (AvgIpc) is 3.48. The topological polar surface area (TPSA) is 138 Å². The molecule has 7 nitrogen and oxygen atoms in total. The second-order valence-electron chi connectivity index (χ2n) is 15.5. The largest absolute Gasteiger partial charge is 0.481 e. The molecule has 0 aromatic rings. The summed E-state index contributed by atoms with van der Waals surface area (Å²) in [6.07, 6.45) is 4.08. The lowest BCUT2D eigenvalue weighted by molar-refractivity contribution is -0.210. The van der Waals surface area contributed by atoms with Crippen molar-refractivity contribution in [2.24, 2.45) is 56.7 Å². The van der Waals surface area contributed by atoms with Crippen molar-refractivity contribution in [3.8, 4) is 0 Å². The number of hydrogen-bond acceptors (Lipinski definition) is 6. The van der Waals surface area contributed by atoms with Crippen molar-refractivity contribution in [3.05, 3.63) is 0 Å². The molecule has 1 unspecified atom stereocenters. The van der Waals surface area contributed by atoms with Crippen LogP contribution in [0.15, 0.2) is 0 Å². The lowest BCUT2D eigenvalue weighted by Crippen LogP contribution is -2.63. The Morgan fingerprint density at radius 3 is 2.18 bits per heavy atom. The first-order chi connectivity index (χ1) is 17.5. The van der Waals surface area contributed by atoms with E-state index in [2.05, 4.69) is 20.8 Å². The zero-order valence-corrected chi connectivity index (χ0v) is 24.3. The summed E-state index contributed by atoms with van der Waals surface area (Å²) in [4.78, 5) is 12.5. The highest BCUT2D eigenvalue weighted by Crippen LogP contribution is 2.89. The van der Waals surface area contributed by atoms with Gasteiger partial charge in [0.1, 0.15) is 0 Å². The Bertz CT molecular complexity index is 970. The molecule has 7 heteroatoms. The van der Waals surface area contributed by atoms with Gasteiger partial charge in [0.2, 0.25) is 0 Å². The van der Waals surface area contributed by atoms with Gasteiger partial charge in [-0.3, -0.25) is 4.79 Å². The summed E-state index contributed by atoms with van der Waals surface area (Å²) in [5.41, 5.74) is -3.21. The van der Waals surface area contributed by atoms with E-state index in [1.54, 1.807) is 6.92 Å². The standard InChI is InChI=1S/C31H52O7/c1-17(2)30(38,16-32)10-9-18(3)24-19(33)14-27(5)20-7-8-21-28(6,25(36)37)22(34)13-23(35)31(21)15-29(20,31)12-11-26(24,27)4/h17-24,32-35,38H,7-16H2,1-6H3,(H,36,37)/t18-,19-,20+,21+,22+,23+,24+,26-,27+,28+,29+,30?,31-/m1/s1. The van der Waals surface area contributed by atoms with Gasteiger partial charge in [-0.25, -0.2) is 0 Å². The first kappa shape index (κ1) is 28.8. The van der Waals surface area contributed by atoms with Gasteiger partial charge in [0.05, 0.1) is 35.9 Å². The van der Waals surface area contributed by atoms with Crippen molar-refractivity contribution in [1.29, 1.82) is 0 Å². The van der Waals surface area contributed by atoms with E-state index < -0.39 is 40.7 Å². The Morgan fingerprint density at radius 2 is 1.61 bits per heavy atom. The third-order valence-corrected chi connectivity index (χ3v) is 14.3. The quantitative estimate of drug-likeness (QED) is 0.292. The van der Waals surface area contributed by atoms with Crippen LogP contribution in [-0.4, -0.2) is 67.1 Å². The molecule has 0 amide bonds. The molecule has 5 saturated carbocycles. The zero-order chi connectivity index (χ0) is 28.3. The third-order valence-electron chi connectivity index (χ3n) is 14.3. The summed E-state index contributed by atoms with van der Waals surface area (Å²) in [7, 11) is 0. The van der Waals surface area contributed by atoms with Crippen molar-refractivity contribution in [3.63, 3.8) is 0 Å². The van der Waals surface area contributed by atoms with Crippen LogP contribution in [0.25, 0.3) is 0 Å². The second kappa shape index (κ2) is 8.64. The number of carbonyl (C=O) groups is 1. The number of hydrogen-bond donors (Lipinski definition) is 6. The second-order valence-corrected chi connectivity index (χ2v) is 15.5. The Morgan fingerprint density at radius 1 is 0.974 bits per heavy atom. The van der Waals surface area contributed by atoms with Crippen molar-refractivity contribution < 1.29 is 35.4 Å². The zero-order valence-electron chi connectivity index (χ0n) is 24.3. The molecule has 5 aliphatic rings. The van der Waals surface area contributed by atoms with Gasteiger partial charge >= 0.3 is 5.97 Å². The number of aliphatic carboxylic acids is 1. The molecule has 5 fully saturated rings. The molecular weight excluding hydrogens is 484 g/mol. The molecule has 0 aliphatic heterocycles. The average molecular weight is 537 g/mol. The molecule has 218 valence electrons. The van der Waals surface area contributed by atoms with Crippen LogP contribution in [0.2, 0.25) is 0 Å². The summed E-state index contributed by atoms with van der Waals surface area (Å²) < 4.78 is 0. The number of carboxylic acid groups (broad SMARTS) is 1. The Balaban J connectivity index is 1.45. The van der Waals surface area contributed by atoms with Gasteiger partial charge in [-0.05, 0) is 104 Å². The Labute approximate surface area is 228 Å². The molecule has 0 saturated heterocycles. The summed E-state index contributed by atoms with van der Waals surface area (Å²) in [5.74, 6) is -0.703. The van der Waals surface area contributed by atoms with E-state index in [1.807, 2.05) is 13.8 Å². The molecule has 38 heavy (non-hydrogen) atoms. The van der Waals surface area contributed by atoms with Crippen LogP contribution >= 0.6 is 0 Å². The molecule has 0 aromatic carbocycles. The van der Waals surface area contributed by atoms with E-state index in [4.69, 9.17) is 0 Å². The maximum Gasteiger partial charge on any atom is 0.312 e. The molecule has 0 heterocycles. The summed E-state index contributed by atoms with van der Waals surface area (Å²) in [6.45, 7) is 12.2. The minimum Gasteiger partial charge on any atom is -0.481 e. The molecule has 6 N–H and O–H groups in total. The van der Waals surface area contributed by atoms with Crippen LogP contribution in [0, 0.1) is 56.7 Å². The molecule has 0 radical (unpaired) electrons. The number of carboxylic acids is 1. The van der Waals surface area contributed by atoms with E-state index >= 15 is 0 Å². The van der Waals surface area contributed by atoms with E-state index in [0.717, 1.165) is 32.1 Å². The van der Waals surface area contributed by atoms with Crippen LogP contribution in [0.4, 0.5) is 0 Å². The van der Waals surface area contributed by atoms with Gasteiger partial charge in [0, 0.05) is 11.8 Å². The number of aliphatic hydroxyl groups excluding tert-OH is 4. The highest BCUT2D eigenvalue weighted by Gasteiger charge is 2.86. The van der Waals surface area contributed by atoms with E-state index in [9.17, 15) is 35.4 Å². The predicted molar refractivity (Wildman–Crippen MR) is 143 cm³/mol. The van der Waals surface area contributed by atoms with Gasteiger partial charge in [-0.15, -0.1) is 0 Å². The van der Waals surface area contributed by atoms with Gasteiger partial charge in [-0.2, -0.15) is 0 Å². The first-order valence-corrected chi connectivity index (χ1v) is 15.1. The van der Waals surface area contributed by atoms with Crippen molar-refractivity contribution in [2.45, 2.75) is 123 Å². The van der Waals surface area contributed by atoms with Gasteiger partial charge in [-0.1, -0.05) is 34.6 Å². The fraction of sp³-hybridized carbons (Fsp3) is 0.968. The maximum atomic E-state index is 12.5. The summed E-state index contributed by atoms with van der Waals surface area (Å²) in [5, 5.41) is 65.0. The SMILES string of the molecule is CC(C)C(O)(CO)CC[C@@H](C)[C@H]1[C@H](O)C[C@@]2(C)[C@@H]3CC[C@H]4[C@](C)(C(=O)O)[C@@H](O)C[C@H](O)[C@@]45C[C@@]35CC[C@]12C. The van der Waals surface area contributed by atoms with Crippen LogP contribution in [0.5, 0.6) is 0 Å². The highest BCUT2D eigenvalue weighted by molar-refractivity contribution is 5.76. The molecule has 0 aromatic heterocycles. The Kier molecular flexibility index (Phi) is 6.54. The third kappa shape index (κ3) is 3.23. The number of rotatable bonds is 7.